The number of anilines is 1. The standard InChI is InChI=1S/C38H37ClN6O6S.C2HF3O2/c1-26-6-8-28(9-7-26)35-34(27-10-12-30(39)13-11-27)44-33(45(35)52(49,50)31-5-3-4-29(24-31)38(48)51-2)15-14-32(37(44)47)36(46)43-22-20-41(21-23-43)18-19-42-17-16-40-25-42;3-2(4,5)1(6)7/h3-17,24-25,34-35H,18-23H2,1-2H3;(H,6,7)/t34-,35+;/m0./s1. The highest BCUT2D eigenvalue weighted by Crippen LogP contribution is 2.49. The number of imidazole rings is 1. The Hall–Kier alpha value is -5.98. The van der Waals surface area contributed by atoms with Gasteiger partial charge in [-0.3, -0.25) is 19.1 Å². The predicted molar refractivity (Wildman–Crippen MR) is 210 cm³/mol. The molecule has 0 saturated carbocycles. The fourth-order valence-corrected chi connectivity index (χ4v) is 8.76. The number of nitrogens with zero attached hydrogens (tertiary/aromatic N) is 6. The highest BCUT2D eigenvalue weighted by Gasteiger charge is 2.48. The Balaban J connectivity index is 0.000000768. The van der Waals surface area contributed by atoms with Gasteiger partial charge in [-0.15, -0.1) is 0 Å². The highest BCUT2D eigenvalue weighted by molar-refractivity contribution is 7.92. The summed E-state index contributed by atoms with van der Waals surface area (Å²) in [7, 11) is -3.22. The highest BCUT2D eigenvalue weighted by atomic mass is 35.5. The molecule has 1 amide bonds. The number of halogens is 4. The van der Waals surface area contributed by atoms with Crippen LogP contribution in [0.25, 0.3) is 0 Å². The number of aromatic nitrogens is 3. The second kappa shape index (κ2) is 17.5. The van der Waals surface area contributed by atoms with E-state index >= 15 is 0 Å². The zero-order chi connectivity index (χ0) is 42.6. The number of hydrogen-bond donors (Lipinski definition) is 1. The van der Waals surface area contributed by atoms with E-state index in [4.69, 9.17) is 26.2 Å². The molecule has 3 aromatic carbocycles. The Kier molecular flexibility index (Phi) is 12.6. The van der Waals surface area contributed by atoms with Crippen molar-refractivity contribution < 1.29 is 45.8 Å². The van der Waals surface area contributed by atoms with Crippen LogP contribution < -0.4 is 9.86 Å². The van der Waals surface area contributed by atoms with Crippen LogP contribution in [0.3, 0.4) is 0 Å². The van der Waals surface area contributed by atoms with Crippen molar-refractivity contribution >= 4 is 45.3 Å². The first-order valence-corrected chi connectivity index (χ1v) is 19.9. The minimum absolute atomic E-state index is 0.0517. The zero-order valence-electron chi connectivity index (χ0n) is 31.6. The Morgan fingerprint density at radius 2 is 1.53 bits per heavy atom. The molecule has 0 spiro atoms. The number of pyridine rings is 1. The van der Waals surface area contributed by atoms with E-state index in [0.29, 0.717) is 42.3 Å². The normalized spacial score (nSPS) is 16.8. The van der Waals surface area contributed by atoms with E-state index in [1.165, 1.54) is 52.4 Å². The summed E-state index contributed by atoms with van der Waals surface area (Å²) in [5, 5.41) is 7.60. The largest absolute Gasteiger partial charge is 0.490 e. The second-order valence-electron chi connectivity index (χ2n) is 13.7. The number of methoxy groups -OCH3 is 1. The van der Waals surface area contributed by atoms with Gasteiger partial charge in [-0.05, 0) is 60.5 Å². The van der Waals surface area contributed by atoms with Crippen molar-refractivity contribution in [1.82, 2.24) is 23.9 Å². The molecule has 310 valence electrons. The fraction of sp³-hybridized carbons (Fsp3) is 0.275. The van der Waals surface area contributed by atoms with Gasteiger partial charge < -0.3 is 19.3 Å². The van der Waals surface area contributed by atoms with Crippen LogP contribution in [0.5, 0.6) is 0 Å². The van der Waals surface area contributed by atoms with E-state index in [0.717, 1.165) is 18.7 Å². The monoisotopic (exact) mass is 854 g/mol. The van der Waals surface area contributed by atoms with Crippen LogP contribution >= 0.6 is 11.6 Å². The first kappa shape index (κ1) is 42.6. The van der Waals surface area contributed by atoms with E-state index < -0.39 is 51.7 Å². The third kappa shape index (κ3) is 9.19. The number of carbonyl (C=O) groups excluding carboxylic acids is 2. The number of hydrogen-bond acceptors (Lipinski definition) is 9. The van der Waals surface area contributed by atoms with Crippen molar-refractivity contribution in [2.24, 2.45) is 0 Å². The Morgan fingerprint density at radius 1 is 0.898 bits per heavy atom. The van der Waals surface area contributed by atoms with Gasteiger partial charge in [0.2, 0.25) is 0 Å². The molecule has 1 N–H and O–H groups in total. The molecule has 0 bridgehead atoms. The molecular formula is C40H38ClF3N6O8S. The number of fused-ring (bicyclic) bond motifs is 1. The number of aliphatic carboxylic acids is 1. The molecular weight excluding hydrogens is 817 g/mol. The Bertz CT molecular complexity index is 2490. The number of sulfonamides is 1. The smallest absolute Gasteiger partial charge is 0.475 e. The summed E-state index contributed by atoms with van der Waals surface area (Å²) in [5.41, 5.74) is 1.61. The van der Waals surface area contributed by atoms with Crippen molar-refractivity contribution in [2.45, 2.75) is 36.6 Å². The molecule has 0 unspecified atom stereocenters. The number of aryl methyl sites for hydroxylation is 1. The lowest BCUT2D eigenvalue weighted by Crippen LogP contribution is -2.50. The first-order chi connectivity index (χ1) is 28.0. The van der Waals surface area contributed by atoms with Gasteiger partial charge in [0.15, 0.2) is 0 Å². The molecule has 0 aliphatic carbocycles. The summed E-state index contributed by atoms with van der Waals surface area (Å²) in [6.07, 6.45) is 0.338. The summed E-state index contributed by atoms with van der Waals surface area (Å²) < 4.78 is 70.9. The van der Waals surface area contributed by atoms with Crippen LogP contribution in [0.1, 0.15) is 49.5 Å². The van der Waals surface area contributed by atoms with Crippen LogP contribution in [0.15, 0.2) is 113 Å². The van der Waals surface area contributed by atoms with Gasteiger partial charge in [-0.25, -0.2) is 27.3 Å². The number of carbonyl (C=O) groups is 3. The number of ether oxygens (including phenoxy) is 1. The molecule has 2 aliphatic heterocycles. The molecule has 0 radical (unpaired) electrons. The summed E-state index contributed by atoms with van der Waals surface area (Å²) in [4.78, 5) is 58.0. The topological polar surface area (TPSA) is 164 Å². The van der Waals surface area contributed by atoms with E-state index in [2.05, 4.69) is 9.88 Å². The predicted octanol–water partition coefficient (Wildman–Crippen LogP) is 5.42. The van der Waals surface area contributed by atoms with Crippen LogP contribution in [0.4, 0.5) is 19.0 Å². The molecule has 59 heavy (non-hydrogen) atoms. The summed E-state index contributed by atoms with van der Waals surface area (Å²) in [6, 6.07) is 21.1. The number of piperazine rings is 1. The Morgan fingerprint density at radius 3 is 2.12 bits per heavy atom. The first-order valence-electron chi connectivity index (χ1n) is 18.1. The number of alkyl halides is 3. The van der Waals surface area contributed by atoms with Gasteiger partial charge in [0.05, 0.1) is 36.0 Å². The van der Waals surface area contributed by atoms with Gasteiger partial charge >= 0.3 is 18.1 Å². The van der Waals surface area contributed by atoms with Crippen LogP contribution in [-0.4, -0.2) is 101 Å². The molecule has 4 heterocycles. The van der Waals surface area contributed by atoms with Crippen molar-refractivity contribution in [2.75, 3.05) is 44.1 Å². The maximum atomic E-state index is 14.8. The van der Waals surface area contributed by atoms with E-state index in [1.54, 1.807) is 41.7 Å². The molecule has 2 atom stereocenters. The van der Waals surface area contributed by atoms with Crippen molar-refractivity contribution in [3.63, 3.8) is 0 Å². The summed E-state index contributed by atoms with van der Waals surface area (Å²) >= 11 is 6.29. The quantitative estimate of drug-likeness (QED) is 0.189. The third-order valence-electron chi connectivity index (χ3n) is 9.96. The lowest BCUT2D eigenvalue weighted by molar-refractivity contribution is -0.192. The molecule has 1 fully saturated rings. The fourth-order valence-electron chi connectivity index (χ4n) is 6.95. The number of esters is 1. The number of rotatable bonds is 9. The summed E-state index contributed by atoms with van der Waals surface area (Å²) in [6.45, 7) is 5.68. The second-order valence-corrected chi connectivity index (χ2v) is 15.9. The molecule has 14 nitrogen and oxygen atoms in total. The third-order valence-corrected chi connectivity index (χ3v) is 12.0. The SMILES string of the molecule is COC(=O)c1cccc(S(=O)(=O)N2c3ccc(C(=O)N4CCN(CCn5ccnc5)CC4)c(=O)n3[C@@H](c3ccc(Cl)cc3)[C@H]2c2ccc(C)cc2)c1.O=C(O)C(F)(F)F. The summed E-state index contributed by atoms with van der Waals surface area (Å²) in [5.74, 6) is -3.78. The average molecular weight is 855 g/mol. The maximum Gasteiger partial charge on any atom is 0.490 e. The minimum atomic E-state index is -5.08. The van der Waals surface area contributed by atoms with Crippen molar-refractivity contribution in [3.8, 4) is 0 Å². The Labute approximate surface area is 341 Å². The number of carboxylic acids is 1. The zero-order valence-corrected chi connectivity index (χ0v) is 33.2. The van der Waals surface area contributed by atoms with E-state index in [9.17, 15) is 36.0 Å². The lowest BCUT2D eigenvalue weighted by atomic mass is 9.94. The van der Waals surface area contributed by atoms with Gasteiger partial charge in [-0.2, -0.15) is 13.2 Å². The lowest BCUT2D eigenvalue weighted by Gasteiger charge is -2.34. The van der Waals surface area contributed by atoms with Gasteiger partial charge in [0.25, 0.3) is 21.5 Å². The van der Waals surface area contributed by atoms with Crippen molar-refractivity contribution in [3.05, 3.63) is 147 Å². The van der Waals surface area contributed by atoms with Crippen LogP contribution in [0, 0.1) is 6.92 Å². The number of benzene rings is 3. The number of carboxylic acid groups (broad SMARTS) is 1. The van der Waals surface area contributed by atoms with Gasteiger partial charge in [-0.1, -0.05) is 59.6 Å². The van der Waals surface area contributed by atoms with E-state index in [-0.39, 0.29) is 21.8 Å². The molecule has 1 saturated heterocycles. The van der Waals surface area contributed by atoms with Crippen molar-refractivity contribution in [1.29, 1.82) is 0 Å². The molecule has 2 aromatic heterocycles. The van der Waals surface area contributed by atoms with Gasteiger partial charge in [0, 0.05) is 56.7 Å². The molecule has 7 rings (SSSR count). The molecule has 2 aliphatic rings. The number of amides is 1. The van der Waals surface area contributed by atoms with Crippen LogP contribution in [0.2, 0.25) is 5.02 Å². The molecule has 5 aromatic rings. The van der Waals surface area contributed by atoms with Gasteiger partial charge in [0.1, 0.15) is 11.4 Å². The maximum absolute atomic E-state index is 14.8. The average Bonchev–Trinajstić information content (AvgIpc) is 3.88. The van der Waals surface area contributed by atoms with E-state index in [1.807, 2.05) is 42.0 Å². The minimum Gasteiger partial charge on any atom is -0.475 e. The molecule has 19 heteroatoms. The van der Waals surface area contributed by atoms with Crippen LogP contribution in [-0.2, 0) is 26.1 Å².